The van der Waals surface area contributed by atoms with Crippen LogP contribution in [0.2, 0.25) is 0 Å². The van der Waals surface area contributed by atoms with Crippen LogP contribution in [0.1, 0.15) is 6.92 Å². The van der Waals surface area contributed by atoms with Gasteiger partial charge in [-0.05, 0) is 43.3 Å². The van der Waals surface area contributed by atoms with Crippen LogP contribution in [-0.4, -0.2) is 40.7 Å². The van der Waals surface area contributed by atoms with Crippen LogP contribution in [0.15, 0.2) is 47.4 Å². The largest absolute Gasteiger partial charge is 0.497 e. The zero-order valence-electron chi connectivity index (χ0n) is 14.9. The minimum absolute atomic E-state index is 0.0438. The van der Waals surface area contributed by atoms with Gasteiger partial charge in [-0.15, -0.1) is 0 Å². The molecule has 1 atom stereocenters. The predicted octanol–water partition coefficient (Wildman–Crippen LogP) is 1.77. The number of methoxy groups -OCH3 is 1. The molecule has 1 amide bonds. The average molecular weight is 392 g/mol. The number of carbonyl (C=O) groups is 1. The molecular weight excluding hydrogens is 372 g/mol. The molecule has 2 aromatic carbocycles. The van der Waals surface area contributed by atoms with Gasteiger partial charge < -0.3 is 19.5 Å². The van der Waals surface area contributed by atoms with E-state index in [4.69, 9.17) is 14.2 Å². The summed E-state index contributed by atoms with van der Waals surface area (Å²) in [5.41, 5.74) is 0.486. The number of ether oxygens (including phenoxy) is 3. The molecule has 0 fully saturated rings. The van der Waals surface area contributed by atoms with Gasteiger partial charge in [-0.2, -0.15) is 4.72 Å². The first-order chi connectivity index (χ1) is 12.9. The van der Waals surface area contributed by atoms with Crippen LogP contribution in [-0.2, 0) is 14.8 Å². The Balaban J connectivity index is 1.66. The molecule has 0 radical (unpaired) electrons. The standard InChI is InChI=1S/C18H20N2O6S/c1-12(20-27(22,23)15-6-4-14(24-2)5-7-15)18(21)19-13-3-8-16-17(11-13)26-10-9-25-16/h3-8,11-12,20H,9-10H2,1-2H3,(H,19,21)/t12-/m0/s1. The van der Waals surface area contributed by atoms with Crippen molar-refractivity contribution in [3.8, 4) is 17.2 Å². The first kappa shape index (κ1) is 19.0. The van der Waals surface area contributed by atoms with Crippen molar-refractivity contribution in [2.45, 2.75) is 17.9 Å². The number of carbonyl (C=O) groups excluding carboxylic acids is 1. The van der Waals surface area contributed by atoms with Crippen LogP contribution in [0.25, 0.3) is 0 Å². The Bertz CT molecular complexity index is 927. The third-order valence-electron chi connectivity index (χ3n) is 3.90. The number of amides is 1. The van der Waals surface area contributed by atoms with Crippen molar-refractivity contribution in [2.24, 2.45) is 0 Å². The monoisotopic (exact) mass is 392 g/mol. The second kappa shape index (κ2) is 7.85. The summed E-state index contributed by atoms with van der Waals surface area (Å²) in [6.45, 7) is 2.37. The van der Waals surface area contributed by atoms with Crippen molar-refractivity contribution in [1.29, 1.82) is 0 Å². The SMILES string of the molecule is COc1ccc(S(=O)(=O)N[C@@H](C)C(=O)Nc2ccc3c(c2)OCCO3)cc1. The normalized spacial score (nSPS) is 14.3. The summed E-state index contributed by atoms with van der Waals surface area (Å²) in [5, 5.41) is 2.66. The zero-order chi connectivity index (χ0) is 19.4. The third-order valence-corrected chi connectivity index (χ3v) is 5.46. The molecule has 0 bridgehead atoms. The van der Waals surface area contributed by atoms with E-state index in [-0.39, 0.29) is 4.90 Å². The minimum atomic E-state index is -3.85. The lowest BCUT2D eigenvalue weighted by atomic mass is 10.2. The molecule has 0 unspecified atom stereocenters. The highest BCUT2D eigenvalue weighted by atomic mass is 32.2. The molecule has 27 heavy (non-hydrogen) atoms. The molecular formula is C18H20N2O6S. The fraction of sp³-hybridized carbons (Fsp3) is 0.278. The van der Waals surface area contributed by atoms with Gasteiger partial charge in [0.05, 0.1) is 18.0 Å². The van der Waals surface area contributed by atoms with Gasteiger partial charge in [-0.3, -0.25) is 4.79 Å². The number of anilines is 1. The first-order valence-corrected chi connectivity index (χ1v) is 9.74. The van der Waals surface area contributed by atoms with E-state index in [1.807, 2.05) is 0 Å². The maximum atomic E-state index is 12.4. The summed E-state index contributed by atoms with van der Waals surface area (Å²) in [6.07, 6.45) is 0. The molecule has 0 saturated heterocycles. The van der Waals surface area contributed by atoms with Crippen LogP contribution in [0.5, 0.6) is 17.2 Å². The number of hydrogen-bond donors (Lipinski definition) is 2. The maximum absolute atomic E-state index is 12.4. The Morgan fingerprint density at radius 1 is 1.07 bits per heavy atom. The summed E-state index contributed by atoms with van der Waals surface area (Å²) >= 11 is 0. The zero-order valence-corrected chi connectivity index (χ0v) is 15.7. The van der Waals surface area contributed by atoms with Crippen LogP contribution in [0.4, 0.5) is 5.69 Å². The Morgan fingerprint density at radius 2 is 1.74 bits per heavy atom. The quantitative estimate of drug-likeness (QED) is 0.777. The van der Waals surface area contributed by atoms with Gasteiger partial charge in [-0.1, -0.05) is 0 Å². The highest BCUT2D eigenvalue weighted by Gasteiger charge is 2.22. The van der Waals surface area contributed by atoms with Gasteiger partial charge in [0.1, 0.15) is 19.0 Å². The number of nitrogens with one attached hydrogen (secondary N) is 2. The summed E-state index contributed by atoms with van der Waals surface area (Å²) in [6, 6.07) is 9.90. The minimum Gasteiger partial charge on any atom is -0.497 e. The van der Waals surface area contributed by atoms with E-state index in [2.05, 4.69) is 10.0 Å². The lowest BCUT2D eigenvalue weighted by Gasteiger charge is -2.19. The molecule has 144 valence electrons. The Morgan fingerprint density at radius 3 is 2.41 bits per heavy atom. The molecule has 0 aromatic heterocycles. The van der Waals surface area contributed by atoms with E-state index >= 15 is 0 Å². The van der Waals surface area contributed by atoms with E-state index in [9.17, 15) is 13.2 Å². The van der Waals surface area contributed by atoms with Crippen molar-refractivity contribution < 1.29 is 27.4 Å². The van der Waals surface area contributed by atoms with Crippen molar-refractivity contribution in [2.75, 3.05) is 25.6 Å². The Labute approximate surface area is 157 Å². The van der Waals surface area contributed by atoms with E-state index in [0.717, 1.165) is 0 Å². The second-order valence-corrected chi connectivity index (χ2v) is 7.58. The van der Waals surface area contributed by atoms with Crippen LogP contribution in [0.3, 0.4) is 0 Å². The predicted molar refractivity (Wildman–Crippen MR) is 98.8 cm³/mol. The van der Waals surface area contributed by atoms with Crippen LogP contribution in [0, 0.1) is 0 Å². The number of rotatable bonds is 6. The van der Waals surface area contributed by atoms with E-state index < -0.39 is 22.0 Å². The molecule has 3 rings (SSSR count). The summed E-state index contributed by atoms with van der Waals surface area (Å²) in [4.78, 5) is 12.4. The first-order valence-electron chi connectivity index (χ1n) is 8.26. The van der Waals surface area contributed by atoms with Crippen molar-refractivity contribution in [3.05, 3.63) is 42.5 Å². The maximum Gasteiger partial charge on any atom is 0.242 e. The molecule has 9 heteroatoms. The molecule has 0 saturated carbocycles. The van der Waals surface area contributed by atoms with Gasteiger partial charge >= 0.3 is 0 Å². The highest BCUT2D eigenvalue weighted by molar-refractivity contribution is 7.89. The van der Waals surface area contributed by atoms with Crippen molar-refractivity contribution >= 4 is 21.6 Å². The van der Waals surface area contributed by atoms with Gasteiger partial charge in [0.25, 0.3) is 0 Å². The van der Waals surface area contributed by atoms with Crippen molar-refractivity contribution in [3.63, 3.8) is 0 Å². The molecule has 1 heterocycles. The smallest absolute Gasteiger partial charge is 0.242 e. The topological polar surface area (TPSA) is 103 Å². The molecule has 1 aliphatic heterocycles. The number of hydrogen-bond acceptors (Lipinski definition) is 6. The van der Waals surface area contributed by atoms with E-state index in [1.54, 1.807) is 18.2 Å². The number of fused-ring (bicyclic) bond motifs is 1. The fourth-order valence-corrected chi connectivity index (χ4v) is 3.68. The highest BCUT2D eigenvalue weighted by Crippen LogP contribution is 2.32. The van der Waals surface area contributed by atoms with Gasteiger partial charge in [0.2, 0.25) is 15.9 Å². The Hall–Kier alpha value is -2.78. The molecule has 0 spiro atoms. The second-order valence-electron chi connectivity index (χ2n) is 5.87. The summed E-state index contributed by atoms with van der Waals surface area (Å²) < 4.78 is 43.1. The summed E-state index contributed by atoms with van der Waals surface area (Å²) in [5.74, 6) is 1.18. The number of benzene rings is 2. The van der Waals surface area contributed by atoms with E-state index in [0.29, 0.717) is 36.1 Å². The third kappa shape index (κ3) is 4.50. The van der Waals surface area contributed by atoms with Gasteiger partial charge in [0.15, 0.2) is 11.5 Å². The molecule has 8 nitrogen and oxygen atoms in total. The van der Waals surface area contributed by atoms with Crippen molar-refractivity contribution in [1.82, 2.24) is 4.72 Å². The average Bonchev–Trinajstić information content (AvgIpc) is 2.67. The molecule has 2 aromatic rings. The van der Waals surface area contributed by atoms with E-state index in [1.165, 1.54) is 38.3 Å². The van der Waals surface area contributed by atoms with Gasteiger partial charge in [-0.25, -0.2) is 8.42 Å². The lowest BCUT2D eigenvalue weighted by molar-refractivity contribution is -0.117. The Kier molecular flexibility index (Phi) is 5.52. The molecule has 2 N–H and O–H groups in total. The van der Waals surface area contributed by atoms with Crippen LogP contribution < -0.4 is 24.2 Å². The summed E-state index contributed by atoms with van der Waals surface area (Å²) in [7, 11) is -2.36. The fourth-order valence-electron chi connectivity index (χ4n) is 2.48. The lowest BCUT2D eigenvalue weighted by Crippen LogP contribution is -2.41. The van der Waals surface area contributed by atoms with Crippen LogP contribution >= 0.6 is 0 Å². The molecule has 1 aliphatic rings. The molecule has 0 aliphatic carbocycles. The van der Waals surface area contributed by atoms with Gasteiger partial charge in [0, 0.05) is 11.8 Å². The number of sulfonamides is 1.